The third-order valence-electron chi connectivity index (χ3n) is 3.73. The van der Waals surface area contributed by atoms with Gasteiger partial charge in [0, 0.05) is 15.7 Å². The van der Waals surface area contributed by atoms with Crippen LogP contribution in [-0.4, -0.2) is 18.0 Å². The molecule has 7 heteroatoms. The van der Waals surface area contributed by atoms with Gasteiger partial charge in [0.2, 0.25) is 0 Å². The SMILES string of the molecule is O=C(NN=Cc1cccc(Br)c1)c1cccc(NC(=O)c2ccccc2F)c1. The lowest BCUT2D eigenvalue weighted by Gasteiger charge is -2.07. The van der Waals surface area contributed by atoms with Gasteiger partial charge in [0.1, 0.15) is 5.82 Å². The van der Waals surface area contributed by atoms with E-state index in [1.54, 1.807) is 24.3 Å². The lowest BCUT2D eigenvalue weighted by molar-refractivity contribution is 0.0953. The Morgan fingerprint density at radius 3 is 2.50 bits per heavy atom. The van der Waals surface area contributed by atoms with Crippen LogP contribution >= 0.6 is 15.9 Å². The topological polar surface area (TPSA) is 70.6 Å². The standard InChI is InChI=1S/C21H15BrFN3O2/c22-16-7-3-5-14(11-16)13-24-26-20(27)15-6-4-8-17(12-15)25-21(28)18-9-1-2-10-19(18)23/h1-13H,(H,25,28)(H,26,27). The fourth-order valence-corrected chi connectivity index (χ4v) is 2.82. The van der Waals surface area contributed by atoms with Gasteiger partial charge in [-0.1, -0.05) is 46.3 Å². The maximum Gasteiger partial charge on any atom is 0.271 e. The highest BCUT2D eigenvalue weighted by Crippen LogP contribution is 2.14. The predicted molar refractivity (Wildman–Crippen MR) is 110 cm³/mol. The number of carbonyl (C=O) groups excluding carboxylic acids is 2. The van der Waals surface area contributed by atoms with Crippen LogP contribution in [0.3, 0.4) is 0 Å². The van der Waals surface area contributed by atoms with Crippen molar-refractivity contribution in [2.45, 2.75) is 0 Å². The minimum Gasteiger partial charge on any atom is -0.322 e. The molecule has 0 aliphatic carbocycles. The maximum absolute atomic E-state index is 13.7. The molecule has 140 valence electrons. The van der Waals surface area contributed by atoms with Crippen molar-refractivity contribution in [1.82, 2.24) is 5.43 Å². The Kier molecular flexibility index (Phi) is 6.29. The van der Waals surface area contributed by atoms with Crippen LogP contribution in [0.15, 0.2) is 82.4 Å². The molecule has 0 spiro atoms. The van der Waals surface area contributed by atoms with E-state index in [9.17, 15) is 14.0 Å². The molecule has 0 aliphatic heterocycles. The first-order chi connectivity index (χ1) is 13.5. The second-order valence-corrected chi connectivity index (χ2v) is 6.68. The van der Waals surface area contributed by atoms with Crippen molar-refractivity contribution in [2.24, 2.45) is 5.10 Å². The summed E-state index contributed by atoms with van der Waals surface area (Å²) in [7, 11) is 0. The van der Waals surface area contributed by atoms with Gasteiger partial charge in [0.25, 0.3) is 11.8 Å². The van der Waals surface area contributed by atoms with Gasteiger partial charge < -0.3 is 5.32 Å². The van der Waals surface area contributed by atoms with E-state index in [-0.39, 0.29) is 5.56 Å². The summed E-state index contributed by atoms with van der Waals surface area (Å²) >= 11 is 3.36. The van der Waals surface area contributed by atoms with Gasteiger partial charge in [-0.15, -0.1) is 0 Å². The lowest BCUT2D eigenvalue weighted by Crippen LogP contribution is -2.18. The number of rotatable bonds is 5. The van der Waals surface area contributed by atoms with Crippen LogP contribution < -0.4 is 10.7 Å². The molecule has 0 heterocycles. The first-order valence-electron chi connectivity index (χ1n) is 8.28. The van der Waals surface area contributed by atoms with E-state index in [4.69, 9.17) is 0 Å². The Morgan fingerprint density at radius 2 is 1.71 bits per heavy atom. The molecule has 0 radical (unpaired) electrons. The monoisotopic (exact) mass is 439 g/mol. The van der Waals surface area contributed by atoms with Crippen LogP contribution in [-0.2, 0) is 0 Å². The second kappa shape index (κ2) is 9.05. The first kappa shape index (κ1) is 19.4. The van der Waals surface area contributed by atoms with Crippen molar-refractivity contribution in [3.05, 3.63) is 99.8 Å². The molecule has 3 aromatic rings. The average molecular weight is 440 g/mol. The van der Waals surface area contributed by atoms with E-state index in [1.165, 1.54) is 30.5 Å². The lowest BCUT2D eigenvalue weighted by atomic mass is 10.1. The molecule has 0 bridgehead atoms. The summed E-state index contributed by atoms with van der Waals surface area (Å²) in [6.45, 7) is 0. The molecule has 28 heavy (non-hydrogen) atoms. The van der Waals surface area contributed by atoms with E-state index in [2.05, 4.69) is 31.8 Å². The minimum absolute atomic E-state index is 0.0732. The average Bonchev–Trinajstić information content (AvgIpc) is 2.68. The molecule has 0 aromatic heterocycles. The summed E-state index contributed by atoms with van der Waals surface area (Å²) in [6.07, 6.45) is 1.52. The number of anilines is 1. The zero-order chi connectivity index (χ0) is 19.9. The van der Waals surface area contributed by atoms with Gasteiger partial charge in [-0.05, 0) is 48.0 Å². The van der Waals surface area contributed by atoms with Gasteiger partial charge >= 0.3 is 0 Å². The summed E-state index contributed by atoms with van der Waals surface area (Å²) in [4.78, 5) is 24.5. The van der Waals surface area contributed by atoms with Gasteiger partial charge in [0.15, 0.2) is 0 Å². The normalized spacial score (nSPS) is 10.6. The number of hydrazone groups is 1. The number of hydrogen-bond acceptors (Lipinski definition) is 3. The number of hydrogen-bond donors (Lipinski definition) is 2. The highest BCUT2D eigenvalue weighted by Gasteiger charge is 2.12. The fourth-order valence-electron chi connectivity index (χ4n) is 2.40. The van der Waals surface area contributed by atoms with Crippen LogP contribution in [0.4, 0.5) is 10.1 Å². The summed E-state index contributed by atoms with van der Waals surface area (Å²) < 4.78 is 14.6. The Morgan fingerprint density at radius 1 is 0.929 bits per heavy atom. The molecule has 3 aromatic carbocycles. The number of amides is 2. The van der Waals surface area contributed by atoms with E-state index in [0.29, 0.717) is 11.3 Å². The summed E-state index contributed by atoms with van der Waals surface area (Å²) in [5, 5.41) is 6.51. The number of nitrogens with zero attached hydrogens (tertiary/aromatic N) is 1. The highest BCUT2D eigenvalue weighted by molar-refractivity contribution is 9.10. The molecular formula is C21H15BrFN3O2. The zero-order valence-corrected chi connectivity index (χ0v) is 16.1. The third kappa shape index (κ3) is 5.11. The molecule has 0 saturated carbocycles. The predicted octanol–water partition coefficient (Wildman–Crippen LogP) is 4.60. The number of halogens is 2. The van der Waals surface area contributed by atoms with Crippen LogP contribution in [0.1, 0.15) is 26.3 Å². The Bertz CT molecular complexity index is 1050. The van der Waals surface area contributed by atoms with Crippen molar-refractivity contribution in [3.63, 3.8) is 0 Å². The minimum atomic E-state index is -0.615. The van der Waals surface area contributed by atoms with Gasteiger partial charge in [0.05, 0.1) is 11.8 Å². The Hall–Kier alpha value is -3.32. The quantitative estimate of drug-likeness (QED) is 0.450. The highest BCUT2D eigenvalue weighted by atomic mass is 79.9. The Labute approximate surface area is 169 Å². The first-order valence-corrected chi connectivity index (χ1v) is 9.07. The fraction of sp³-hybridized carbons (Fsp3) is 0. The Balaban J connectivity index is 1.66. The summed E-state index contributed by atoms with van der Waals surface area (Å²) in [5.41, 5.74) is 3.85. The van der Waals surface area contributed by atoms with Gasteiger partial charge in [-0.25, -0.2) is 9.82 Å². The molecule has 5 nitrogen and oxygen atoms in total. The number of nitrogens with one attached hydrogen (secondary N) is 2. The smallest absolute Gasteiger partial charge is 0.271 e. The largest absolute Gasteiger partial charge is 0.322 e. The molecule has 0 aliphatic rings. The second-order valence-electron chi connectivity index (χ2n) is 5.77. The number of carbonyl (C=O) groups is 2. The third-order valence-corrected chi connectivity index (χ3v) is 4.22. The number of benzene rings is 3. The molecule has 0 atom stereocenters. The van der Waals surface area contributed by atoms with Crippen LogP contribution in [0.5, 0.6) is 0 Å². The van der Waals surface area contributed by atoms with Crippen LogP contribution in [0, 0.1) is 5.82 Å². The van der Waals surface area contributed by atoms with Gasteiger partial charge in [-0.3, -0.25) is 9.59 Å². The van der Waals surface area contributed by atoms with Crippen molar-refractivity contribution in [2.75, 3.05) is 5.32 Å². The molecule has 0 saturated heterocycles. The van der Waals surface area contributed by atoms with Crippen molar-refractivity contribution < 1.29 is 14.0 Å². The summed E-state index contributed by atoms with van der Waals surface area (Å²) in [5.74, 6) is -1.65. The van der Waals surface area contributed by atoms with Crippen molar-refractivity contribution in [3.8, 4) is 0 Å². The zero-order valence-electron chi connectivity index (χ0n) is 14.5. The molecule has 2 amide bonds. The van der Waals surface area contributed by atoms with E-state index in [1.807, 2.05) is 24.3 Å². The molecule has 0 fully saturated rings. The van der Waals surface area contributed by atoms with E-state index in [0.717, 1.165) is 10.0 Å². The van der Waals surface area contributed by atoms with E-state index >= 15 is 0 Å². The molecule has 0 unspecified atom stereocenters. The molecule has 3 rings (SSSR count). The van der Waals surface area contributed by atoms with Crippen molar-refractivity contribution >= 4 is 39.6 Å². The van der Waals surface area contributed by atoms with E-state index < -0.39 is 17.6 Å². The maximum atomic E-state index is 13.7. The van der Waals surface area contributed by atoms with Crippen molar-refractivity contribution in [1.29, 1.82) is 0 Å². The van der Waals surface area contributed by atoms with Gasteiger partial charge in [-0.2, -0.15) is 5.10 Å². The van der Waals surface area contributed by atoms with Crippen LogP contribution in [0.2, 0.25) is 0 Å². The van der Waals surface area contributed by atoms with Crippen LogP contribution in [0.25, 0.3) is 0 Å². The molecule has 2 N–H and O–H groups in total. The summed E-state index contributed by atoms with van der Waals surface area (Å²) in [6, 6.07) is 19.4. The molecular weight excluding hydrogens is 425 g/mol.